The van der Waals surface area contributed by atoms with Gasteiger partial charge in [0.05, 0.1) is 25.0 Å². The highest BCUT2D eigenvalue weighted by atomic mass is 16.7. The number of hydrogen-bond acceptors (Lipinski definition) is 6. The van der Waals surface area contributed by atoms with Gasteiger partial charge in [-0.05, 0) is 159 Å². The summed E-state index contributed by atoms with van der Waals surface area (Å²) in [6.07, 6.45) is 10.1. The monoisotopic (exact) mass is 652 g/mol. The predicted octanol–water partition coefficient (Wildman–Crippen LogP) is 8.23. The highest BCUT2D eigenvalue weighted by Gasteiger charge is 2.68. The largest absolute Gasteiger partial charge is 0.436 e. The highest BCUT2D eigenvalue weighted by molar-refractivity contribution is 5.74. The summed E-state index contributed by atoms with van der Waals surface area (Å²) >= 11 is 0. The lowest BCUT2D eigenvalue weighted by Gasteiger charge is -2.43. The number of rotatable bonds is 7. The summed E-state index contributed by atoms with van der Waals surface area (Å²) in [5.74, 6) is 14.3. The lowest BCUT2D eigenvalue weighted by Crippen LogP contribution is -2.41. The van der Waals surface area contributed by atoms with Gasteiger partial charge in [0.1, 0.15) is 0 Å². The number of carbonyl (C=O) groups is 2. The maximum absolute atomic E-state index is 12.7. The molecule has 20 atom stereocenters. The van der Waals surface area contributed by atoms with E-state index in [4.69, 9.17) is 18.9 Å². The smallest absolute Gasteiger partial charge is 0.311 e. The van der Waals surface area contributed by atoms with Crippen molar-refractivity contribution in [1.82, 2.24) is 0 Å². The molecule has 0 amide bonds. The number of carbonyl (C=O) groups excluding carboxylic acids is 2. The van der Waals surface area contributed by atoms with Crippen molar-refractivity contribution in [2.45, 2.75) is 119 Å². The predicted molar refractivity (Wildman–Crippen MR) is 179 cm³/mol. The van der Waals surface area contributed by atoms with E-state index in [1.807, 2.05) is 6.92 Å². The molecule has 264 valence electrons. The fraction of sp³-hybridized carbons (Fsp3) is 0.951. The van der Waals surface area contributed by atoms with Gasteiger partial charge in [0, 0.05) is 6.42 Å². The van der Waals surface area contributed by atoms with Crippen LogP contribution in [0.25, 0.3) is 0 Å². The summed E-state index contributed by atoms with van der Waals surface area (Å²) in [5.41, 5.74) is 0. The van der Waals surface area contributed by atoms with E-state index in [-0.39, 0.29) is 30.1 Å². The molecule has 0 N–H and O–H groups in total. The van der Waals surface area contributed by atoms with E-state index in [1.165, 1.54) is 25.7 Å². The fourth-order valence-electron chi connectivity index (χ4n) is 14.6. The molecule has 0 radical (unpaired) electrons. The van der Waals surface area contributed by atoms with E-state index in [1.54, 1.807) is 0 Å². The minimum absolute atomic E-state index is 0.0145. The van der Waals surface area contributed by atoms with E-state index in [2.05, 4.69) is 41.5 Å². The SMILES string of the molecule is CC(C)COC(C)OC(=O)C1CC2CC1C1C3CC(C(C)C3C)C21.CC1C(C)C2CC1C1C3CC(C(=O)OC4CCCCO4)C(C3)C21. The van der Waals surface area contributed by atoms with Crippen LogP contribution in [0.3, 0.4) is 0 Å². The quantitative estimate of drug-likeness (QED) is 0.157. The van der Waals surface area contributed by atoms with E-state index >= 15 is 0 Å². The van der Waals surface area contributed by atoms with Gasteiger partial charge < -0.3 is 18.9 Å². The van der Waals surface area contributed by atoms with Crippen molar-refractivity contribution in [3.8, 4) is 0 Å². The first-order chi connectivity index (χ1) is 22.5. The van der Waals surface area contributed by atoms with Crippen LogP contribution in [-0.2, 0) is 28.5 Å². The van der Waals surface area contributed by atoms with Crippen LogP contribution >= 0.6 is 0 Å². The molecule has 8 saturated carbocycles. The molecule has 0 aromatic heterocycles. The molecule has 1 aliphatic heterocycles. The number of hydrogen-bond donors (Lipinski definition) is 0. The molecule has 1 heterocycles. The molecule has 6 heteroatoms. The molecule has 9 rings (SSSR count). The van der Waals surface area contributed by atoms with E-state index in [9.17, 15) is 9.59 Å². The van der Waals surface area contributed by atoms with Crippen LogP contribution < -0.4 is 0 Å². The molecule has 0 aromatic rings. The van der Waals surface area contributed by atoms with Gasteiger partial charge >= 0.3 is 11.9 Å². The van der Waals surface area contributed by atoms with E-state index in [0.29, 0.717) is 24.4 Å². The standard InChI is InChI=1S/C21H34O3.C20H30O3/c1-10(2)9-23-13(5)24-21(22)18-7-14-6-17(18)20-16-8-15(19(14)20)11(3)12(16)4;1-10-11(2)14-9-13(10)18-12-7-15(19(14)18)16(8-12)20(21)23-17-5-3-4-6-22-17/h10-20H,6-9H2,1-5H3;10-19H,3-9H2,1-2H3. The second-order valence-corrected chi connectivity index (χ2v) is 18.8. The zero-order valence-corrected chi connectivity index (χ0v) is 30.4. The Bertz CT molecular complexity index is 1180. The summed E-state index contributed by atoms with van der Waals surface area (Å²) in [6, 6.07) is 0. The van der Waals surface area contributed by atoms with E-state index in [0.717, 1.165) is 122 Å². The van der Waals surface area contributed by atoms with Crippen LogP contribution in [0.5, 0.6) is 0 Å². The molecule has 20 unspecified atom stereocenters. The summed E-state index contributed by atoms with van der Waals surface area (Å²) in [7, 11) is 0. The Labute approximate surface area is 284 Å². The van der Waals surface area contributed by atoms with Crippen molar-refractivity contribution in [3.05, 3.63) is 0 Å². The summed E-state index contributed by atoms with van der Waals surface area (Å²) in [5, 5.41) is 0. The Balaban J connectivity index is 0.000000138. The molecule has 6 nitrogen and oxygen atoms in total. The van der Waals surface area contributed by atoms with Crippen LogP contribution in [-0.4, -0.2) is 37.7 Å². The van der Waals surface area contributed by atoms with E-state index < -0.39 is 6.29 Å². The molecule has 8 bridgehead atoms. The van der Waals surface area contributed by atoms with Crippen molar-refractivity contribution in [3.63, 3.8) is 0 Å². The minimum Gasteiger partial charge on any atom is -0.436 e. The molecule has 0 spiro atoms. The number of esters is 2. The van der Waals surface area contributed by atoms with Crippen molar-refractivity contribution >= 4 is 11.9 Å². The van der Waals surface area contributed by atoms with Gasteiger partial charge in [0.25, 0.3) is 0 Å². The summed E-state index contributed by atoms with van der Waals surface area (Å²) in [4.78, 5) is 25.5. The van der Waals surface area contributed by atoms with Crippen LogP contribution in [0.2, 0.25) is 0 Å². The van der Waals surface area contributed by atoms with Crippen LogP contribution in [0, 0.1) is 112 Å². The highest BCUT2D eigenvalue weighted by Crippen LogP contribution is 2.72. The summed E-state index contributed by atoms with van der Waals surface area (Å²) < 4.78 is 22.6. The average Bonchev–Trinajstić information content (AvgIpc) is 3.90. The van der Waals surface area contributed by atoms with Crippen molar-refractivity contribution in [1.29, 1.82) is 0 Å². The second-order valence-electron chi connectivity index (χ2n) is 18.8. The Hall–Kier alpha value is -1.14. The molecule has 1 saturated heterocycles. The minimum atomic E-state index is -0.409. The maximum atomic E-state index is 12.7. The first-order valence-corrected chi connectivity index (χ1v) is 20.2. The third-order valence-electron chi connectivity index (χ3n) is 16.6. The van der Waals surface area contributed by atoms with Gasteiger partial charge in [0.2, 0.25) is 6.29 Å². The van der Waals surface area contributed by atoms with Crippen molar-refractivity contribution < 1.29 is 28.5 Å². The van der Waals surface area contributed by atoms with Gasteiger partial charge in [-0.2, -0.15) is 0 Å². The zero-order chi connectivity index (χ0) is 32.9. The summed E-state index contributed by atoms with van der Waals surface area (Å²) in [6.45, 7) is 17.3. The van der Waals surface area contributed by atoms with Gasteiger partial charge in [-0.25, -0.2) is 0 Å². The molecule has 47 heavy (non-hydrogen) atoms. The molecule has 9 aliphatic rings. The number of fused-ring (bicyclic) bond motifs is 18. The van der Waals surface area contributed by atoms with Crippen molar-refractivity contribution in [2.24, 2.45) is 112 Å². The first kappa shape index (κ1) is 33.0. The third-order valence-corrected chi connectivity index (χ3v) is 16.6. The Morgan fingerprint density at radius 2 is 1.15 bits per heavy atom. The molecular formula is C41H64O6. The maximum Gasteiger partial charge on any atom is 0.311 e. The number of ether oxygens (including phenoxy) is 4. The van der Waals surface area contributed by atoms with Gasteiger partial charge in [-0.15, -0.1) is 0 Å². The lowest BCUT2D eigenvalue weighted by molar-refractivity contribution is -0.194. The average molecular weight is 653 g/mol. The molecule has 8 aliphatic carbocycles. The molecule has 9 fully saturated rings. The molecular weight excluding hydrogens is 588 g/mol. The second kappa shape index (κ2) is 12.6. The zero-order valence-electron chi connectivity index (χ0n) is 30.4. The third kappa shape index (κ3) is 5.37. The lowest BCUT2D eigenvalue weighted by atomic mass is 9.62. The van der Waals surface area contributed by atoms with Gasteiger partial charge in [0.15, 0.2) is 6.29 Å². The van der Waals surface area contributed by atoms with Crippen molar-refractivity contribution in [2.75, 3.05) is 13.2 Å². The van der Waals surface area contributed by atoms with Crippen LogP contribution in [0.4, 0.5) is 0 Å². The van der Waals surface area contributed by atoms with Gasteiger partial charge in [-0.3, -0.25) is 9.59 Å². The Kier molecular flexibility index (Phi) is 8.83. The Morgan fingerprint density at radius 3 is 1.64 bits per heavy atom. The molecule has 0 aromatic carbocycles. The fourth-order valence-corrected chi connectivity index (χ4v) is 14.6. The van der Waals surface area contributed by atoms with Crippen LogP contribution in [0.15, 0.2) is 0 Å². The van der Waals surface area contributed by atoms with Crippen LogP contribution in [0.1, 0.15) is 106 Å². The first-order valence-electron chi connectivity index (χ1n) is 20.2. The topological polar surface area (TPSA) is 71.1 Å². The Morgan fingerprint density at radius 1 is 0.638 bits per heavy atom. The normalized spacial score (nSPS) is 53.1. The van der Waals surface area contributed by atoms with Gasteiger partial charge in [-0.1, -0.05) is 41.5 Å².